The molecule has 0 aliphatic carbocycles. The number of aromatic amines is 1. The highest BCUT2D eigenvalue weighted by molar-refractivity contribution is 5.94. The Kier molecular flexibility index (Phi) is 4.15. The lowest BCUT2D eigenvalue weighted by atomic mass is 10.1. The number of pyridine rings is 1. The fraction of sp³-hybridized carbons (Fsp3) is 0.538. The number of hydrogen-bond donors (Lipinski definition) is 1. The monoisotopic (exact) mass is 250 g/mol. The quantitative estimate of drug-likeness (QED) is 0.862. The van der Waals surface area contributed by atoms with Gasteiger partial charge < -0.3 is 14.6 Å². The van der Waals surface area contributed by atoms with E-state index in [1.165, 1.54) is 12.3 Å². The number of rotatable bonds is 4. The Labute approximate surface area is 106 Å². The van der Waals surface area contributed by atoms with Crippen LogP contribution in [0.5, 0.6) is 0 Å². The Morgan fingerprint density at radius 1 is 1.61 bits per heavy atom. The molecule has 0 saturated carbocycles. The number of H-pyrrole nitrogens is 1. The van der Waals surface area contributed by atoms with Gasteiger partial charge in [0.1, 0.15) is 0 Å². The molecule has 0 bridgehead atoms. The molecule has 1 unspecified atom stereocenters. The van der Waals surface area contributed by atoms with Crippen molar-refractivity contribution < 1.29 is 9.53 Å². The summed E-state index contributed by atoms with van der Waals surface area (Å²) in [5, 5.41) is 0. The molecule has 1 fully saturated rings. The molecule has 5 heteroatoms. The van der Waals surface area contributed by atoms with Crippen LogP contribution in [0.15, 0.2) is 23.1 Å². The molecule has 1 aromatic heterocycles. The number of carbonyl (C=O) groups excluding carboxylic acids is 1. The molecule has 0 radical (unpaired) electrons. The maximum absolute atomic E-state index is 12.2. The largest absolute Gasteiger partial charge is 0.381 e. The van der Waals surface area contributed by atoms with Gasteiger partial charge in [0.05, 0.1) is 6.61 Å². The molecule has 2 rings (SSSR count). The summed E-state index contributed by atoms with van der Waals surface area (Å²) in [6.07, 6.45) is 2.50. The topological polar surface area (TPSA) is 62.4 Å². The van der Waals surface area contributed by atoms with Crippen LogP contribution in [0.25, 0.3) is 0 Å². The first-order valence-corrected chi connectivity index (χ1v) is 6.26. The van der Waals surface area contributed by atoms with Gasteiger partial charge in [-0.05, 0) is 19.4 Å². The van der Waals surface area contributed by atoms with E-state index in [4.69, 9.17) is 4.74 Å². The summed E-state index contributed by atoms with van der Waals surface area (Å²) >= 11 is 0. The highest BCUT2D eigenvalue weighted by Gasteiger charge is 2.22. The average Bonchev–Trinajstić information content (AvgIpc) is 2.88. The third-order valence-electron chi connectivity index (χ3n) is 3.19. The molecule has 1 aliphatic rings. The van der Waals surface area contributed by atoms with Crippen LogP contribution in [0.4, 0.5) is 0 Å². The predicted octanol–water partition coefficient (Wildman–Crippen LogP) is 0.873. The van der Waals surface area contributed by atoms with Crippen molar-refractivity contribution in [2.75, 3.05) is 26.3 Å². The summed E-state index contributed by atoms with van der Waals surface area (Å²) in [6, 6.07) is 2.98. The van der Waals surface area contributed by atoms with Gasteiger partial charge in [-0.15, -0.1) is 0 Å². The highest BCUT2D eigenvalue weighted by Crippen LogP contribution is 2.15. The lowest BCUT2D eigenvalue weighted by molar-refractivity contribution is 0.0730. The number of nitrogens with zero attached hydrogens (tertiary/aromatic N) is 1. The van der Waals surface area contributed by atoms with E-state index in [9.17, 15) is 9.59 Å². The molecule has 0 spiro atoms. The van der Waals surface area contributed by atoms with E-state index >= 15 is 0 Å². The van der Waals surface area contributed by atoms with Gasteiger partial charge in [0.25, 0.3) is 5.91 Å². The summed E-state index contributed by atoms with van der Waals surface area (Å²) in [5.74, 6) is 0.325. The van der Waals surface area contributed by atoms with Crippen molar-refractivity contribution in [3.8, 4) is 0 Å². The molecule has 5 nitrogen and oxygen atoms in total. The lowest BCUT2D eigenvalue weighted by Crippen LogP contribution is -2.35. The molecule has 18 heavy (non-hydrogen) atoms. The number of ether oxygens (including phenoxy) is 1. The molecule has 2 heterocycles. The van der Waals surface area contributed by atoms with Crippen molar-refractivity contribution in [2.24, 2.45) is 5.92 Å². The zero-order valence-corrected chi connectivity index (χ0v) is 10.5. The molecule has 1 N–H and O–H groups in total. The number of carbonyl (C=O) groups is 1. The first kappa shape index (κ1) is 12.8. The van der Waals surface area contributed by atoms with E-state index in [0.29, 0.717) is 24.6 Å². The summed E-state index contributed by atoms with van der Waals surface area (Å²) in [7, 11) is 0. The number of amides is 1. The van der Waals surface area contributed by atoms with Crippen LogP contribution in [0, 0.1) is 5.92 Å². The Balaban J connectivity index is 2.07. The summed E-state index contributed by atoms with van der Waals surface area (Å²) < 4.78 is 5.31. The minimum absolute atomic E-state index is 0.0875. The molecule has 98 valence electrons. The zero-order valence-electron chi connectivity index (χ0n) is 10.5. The Morgan fingerprint density at radius 2 is 2.44 bits per heavy atom. The molecule has 1 amide bonds. The molecular weight excluding hydrogens is 232 g/mol. The normalized spacial score (nSPS) is 18.8. The van der Waals surface area contributed by atoms with Gasteiger partial charge in [0.2, 0.25) is 5.56 Å². The van der Waals surface area contributed by atoms with E-state index in [0.717, 1.165) is 19.6 Å². The Bertz CT molecular complexity index is 463. The summed E-state index contributed by atoms with van der Waals surface area (Å²) in [5.41, 5.74) is 0.195. The van der Waals surface area contributed by atoms with Gasteiger partial charge in [-0.25, -0.2) is 0 Å². The predicted molar refractivity (Wildman–Crippen MR) is 67.6 cm³/mol. The Hall–Kier alpha value is -1.62. The van der Waals surface area contributed by atoms with Crippen LogP contribution < -0.4 is 5.56 Å². The van der Waals surface area contributed by atoms with Crippen molar-refractivity contribution in [2.45, 2.75) is 13.3 Å². The Morgan fingerprint density at radius 3 is 3.06 bits per heavy atom. The van der Waals surface area contributed by atoms with Gasteiger partial charge in [-0.1, -0.05) is 0 Å². The first-order chi connectivity index (χ1) is 8.70. The zero-order chi connectivity index (χ0) is 13.0. The molecule has 1 aromatic rings. The van der Waals surface area contributed by atoms with Crippen LogP contribution in [-0.4, -0.2) is 42.1 Å². The van der Waals surface area contributed by atoms with Crippen molar-refractivity contribution in [1.29, 1.82) is 0 Å². The van der Waals surface area contributed by atoms with Gasteiger partial charge >= 0.3 is 0 Å². The van der Waals surface area contributed by atoms with Crippen LogP contribution in [0.2, 0.25) is 0 Å². The highest BCUT2D eigenvalue weighted by atomic mass is 16.5. The molecular formula is C13H18N2O3. The standard InChI is InChI=1S/C13H18N2O3/c1-2-15(8-10-4-6-18-9-10)13(17)11-3-5-14-12(16)7-11/h3,5,7,10H,2,4,6,8-9H2,1H3,(H,14,16). The summed E-state index contributed by atoms with van der Waals surface area (Å²) in [6.45, 7) is 4.78. The van der Waals surface area contributed by atoms with Crippen LogP contribution in [-0.2, 0) is 4.74 Å². The van der Waals surface area contributed by atoms with Crippen molar-refractivity contribution in [3.05, 3.63) is 34.2 Å². The second kappa shape index (κ2) is 5.82. The maximum atomic E-state index is 12.2. The third kappa shape index (κ3) is 2.98. The minimum atomic E-state index is -0.249. The average molecular weight is 250 g/mol. The molecule has 1 saturated heterocycles. The number of aromatic nitrogens is 1. The van der Waals surface area contributed by atoms with E-state index in [1.54, 1.807) is 11.0 Å². The SMILES string of the molecule is CCN(CC1CCOC1)C(=O)c1cc[nH]c(=O)c1. The van der Waals surface area contributed by atoms with Crippen molar-refractivity contribution in [1.82, 2.24) is 9.88 Å². The molecule has 0 aromatic carbocycles. The number of hydrogen-bond acceptors (Lipinski definition) is 3. The van der Waals surface area contributed by atoms with E-state index in [-0.39, 0.29) is 11.5 Å². The van der Waals surface area contributed by atoms with Gasteiger partial charge in [-0.2, -0.15) is 0 Å². The van der Waals surface area contributed by atoms with E-state index < -0.39 is 0 Å². The first-order valence-electron chi connectivity index (χ1n) is 6.26. The van der Waals surface area contributed by atoms with Crippen LogP contribution in [0.3, 0.4) is 0 Å². The fourth-order valence-electron chi connectivity index (χ4n) is 2.15. The van der Waals surface area contributed by atoms with Gasteiger partial charge in [0.15, 0.2) is 0 Å². The second-order valence-corrected chi connectivity index (χ2v) is 4.52. The smallest absolute Gasteiger partial charge is 0.254 e. The molecule has 1 aliphatic heterocycles. The van der Waals surface area contributed by atoms with Gasteiger partial charge in [-0.3, -0.25) is 9.59 Å². The van der Waals surface area contributed by atoms with Crippen molar-refractivity contribution in [3.63, 3.8) is 0 Å². The second-order valence-electron chi connectivity index (χ2n) is 4.52. The minimum Gasteiger partial charge on any atom is -0.381 e. The fourth-order valence-corrected chi connectivity index (χ4v) is 2.15. The van der Waals surface area contributed by atoms with Crippen LogP contribution >= 0.6 is 0 Å². The van der Waals surface area contributed by atoms with E-state index in [1.807, 2.05) is 6.92 Å². The van der Waals surface area contributed by atoms with Crippen molar-refractivity contribution >= 4 is 5.91 Å². The number of nitrogens with one attached hydrogen (secondary N) is 1. The van der Waals surface area contributed by atoms with E-state index in [2.05, 4.69) is 4.98 Å². The molecule has 1 atom stereocenters. The van der Waals surface area contributed by atoms with Crippen LogP contribution in [0.1, 0.15) is 23.7 Å². The lowest BCUT2D eigenvalue weighted by Gasteiger charge is -2.23. The van der Waals surface area contributed by atoms with Gasteiger partial charge in [0, 0.05) is 43.4 Å². The summed E-state index contributed by atoms with van der Waals surface area (Å²) in [4.78, 5) is 27.7. The maximum Gasteiger partial charge on any atom is 0.254 e. The third-order valence-corrected chi connectivity index (χ3v) is 3.19.